The Morgan fingerprint density at radius 1 is 1.19 bits per heavy atom. The number of methoxy groups -OCH3 is 2. The molecule has 1 N–H and O–H groups in total. The number of amidine groups is 1. The zero-order valence-electron chi connectivity index (χ0n) is 16.9. The molecule has 164 valence electrons. The molecule has 1 unspecified atom stereocenters. The summed E-state index contributed by atoms with van der Waals surface area (Å²) in [6.45, 7) is 0.695. The molecule has 3 rings (SSSR count). The highest BCUT2D eigenvalue weighted by Crippen LogP contribution is 2.33. The Balaban J connectivity index is 1.74. The summed E-state index contributed by atoms with van der Waals surface area (Å²) in [5.41, 5.74) is 1.08. The van der Waals surface area contributed by atoms with Gasteiger partial charge in [0.1, 0.15) is 11.0 Å². The summed E-state index contributed by atoms with van der Waals surface area (Å²) in [6.07, 6.45) is -0.0303. The first-order valence-corrected chi connectivity index (χ1v) is 11.0. The Kier molecular flexibility index (Phi) is 8.20. The van der Waals surface area contributed by atoms with Crippen LogP contribution in [0.15, 0.2) is 47.5 Å². The predicted molar refractivity (Wildman–Crippen MR) is 125 cm³/mol. The summed E-state index contributed by atoms with van der Waals surface area (Å²) < 4.78 is 10.3. The van der Waals surface area contributed by atoms with Crippen LogP contribution in [-0.2, 0) is 14.3 Å². The fourth-order valence-electron chi connectivity index (χ4n) is 2.85. The van der Waals surface area contributed by atoms with Gasteiger partial charge in [0.2, 0.25) is 11.8 Å². The Bertz CT molecular complexity index is 985. The van der Waals surface area contributed by atoms with E-state index >= 15 is 0 Å². The van der Waals surface area contributed by atoms with Gasteiger partial charge in [-0.15, -0.1) is 0 Å². The molecule has 1 saturated heterocycles. The Hall–Kier alpha value is -2.26. The van der Waals surface area contributed by atoms with Gasteiger partial charge < -0.3 is 14.8 Å². The minimum Gasteiger partial charge on any atom is -0.497 e. The molecule has 1 heterocycles. The Labute approximate surface area is 194 Å². The summed E-state index contributed by atoms with van der Waals surface area (Å²) in [4.78, 5) is 31.6. The first kappa shape index (κ1) is 23.4. The standard InChI is InChI=1S/C21H21Cl2N3O4S/c1-29-11-10-26-20(28)17(12-18(27)25-16-5-3-4-15(22)19(16)23)31-21(26)24-13-6-8-14(30-2)9-7-13/h3-9,17H,10-12H2,1-2H3,(H,25,27). The van der Waals surface area contributed by atoms with E-state index in [0.29, 0.717) is 40.5 Å². The molecule has 0 saturated carbocycles. The molecule has 2 aromatic carbocycles. The minimum atomic E-state index is -0.605. The number of rotatable bonds is 8. The van der Waals surface area contributed by atoms with Gasteiger partial charge in [-0.05, 0) is 36.4 Å². The van der Waals surface area contributed by atoms with Crippen LogP contribution in [-0.4, -0.2) is 54.5 Å². The van der Waals surface area contributed by atoms with Gasteiger partial charge in [-0.2, -0.15) is 0 Å². The van der Waals surface area contributed by atoms with Gasteiger partial charge in [0, 0.05) is 13.5 Å². The quantitative estimate of drug-likeness (QED) is 0.595. The summed E-state index contributed by atoms with van der Waals surface area (Å²) >= 11 is 13.4. The molecule has 0 aliphatic carbocycles. The number of nitrogens with one attached hydrogen (secondary N) is 1. The van der Waals surface area contributed by atoms with Gasteiger partial charge in [0.25, 0.3) is 0 Å². The first-order chi connectivity index (χ1) is 14.9. The lowest BCUT2D eigenvalue weighted by Gasteiger charge is -2.16. The molecule has 0 spiro atoms. The van der Waals surface area contributed by atoms with Crippen molar-refractivity contribution in [3.63, 3.8) is 0 Å². The van der Waals surface area contributed by atoms with Gasteiger partial charge in [0.05, 0.1) is 41.7 Å². The number of aliphatic imine (C=N–C) groups is 1. The van der Waals surface area contributed by atoms with Crippen molar-refractivity contribution in [2.45, 2.75) is 11.7 Å². The number of nitrogens with zero attached hydrogens (tertiary/aromatic N) is 2. The molecule has 1 aliphatic rings. The van der Waals surface area contributed by atoms with Crippen molar-refractivity contribution in [3.05, 3.63) is 52.5 Å². The third kappa shape index (κ3) is 5.92. The normalized spacial score (nSPS) is 17.3. The van der Waals surface area contributed by atoms with Crippen LogP contribution in [0.3, 0.4) is 0 Å². The van der Waals surface area contributed by atoms with Gasteiger partial charge in [0.15, 0.2) is 5.17 Å². The lowest BCUT2D eigenvalue weighted by atomic mass is 10.2. The highest BCUT2D eigenvalue weighted by molar-refractivity contribution is 8.15. The number of anilines is 1. The van der Waals surface area contributed by atoms with Crippen LogP contribution in [0.2, 0.25) is 10.0 Å². The van der Waals surface area contributed by atoms with Crippen molar-refractivity contribution >= 4 is 63.3 Å². The van der Waals surface area contributed by atoms with Crippen molar-refractivity contribution in [3.8, 4) is 5.75 Å². The number of thioether (sulfide) groups is 1. The van der Waals surface area contributed by atoms with Gasteiger partial charge in [-0.1, -0.05) is 41.0 Å². The molecule has 31 heavy (non-hydrogen) atoms. The van der Waals surface area contributed by atoms with E-state index in [1.54, 1.807) is 61.6 Å². The molecule has 1 fully saturated rings. The Morgan fingerprint density at radius 3 is 2.61 bits per heavy atom. The summed E-state index contributed by atoms with van der Waals surface area (Å²) in [5, 5.41) is 3.22. The molecule has 0 radical (unpaired) electrons. The zero-order valence-corrected chi connectivity index (χ0v) is 19.3. The van der Waals surface area contributed by atoms with E-state index in [2.05, 4.69) is 10.3 Å². The number of carbonyl (C=O) groups excluding carboxylic acids is 2. The van der Waals surface area contributed by atoms with Crippen LogP contribution >= 0.6 is 35.0 Å². The van der Waals surface area contributed by atoms with Crippen molar-refractivity contribution in [2.75, 3.05) is 32.7 Å². The fourth-order valence-corrected chi connectivity index (χ4v) is 4.38. The van der Waals surface area contributed by atoms with Gasteiger partial charge in [-0.25, -0.2) is 4.99 Å². The van der Waals surface area contributed by atoms with Gasteiger partial charge >= 0.3 is 0 Å². The first-order valence-electron chi connectivity index (χ1n) is 9.36. The number of hydrogen-bond acceptors (Lipinski definition) is 6. The maximum Gasteiger partial charge on any atom is 0.242 e. The topological polar surface area (TPSA) is 80.2 Å². The number of carbonyl (C=O) groups is 2. The summed E-state index contributed by atoms with van der Waals surface area (Å²) in [7, 11) is 3.15. The maximum atomic E-state index is 12.9. The molecule has 0 aromatic heterocycles. The highest BCUT2D eigenvalue weighted by Gasteiger charge is 2.39. The lowest BCUT2D eigenvalue weighted by Crippen LogP contribution is -2.35. The Morgan fingerprint density at radius 2 is 1.94 bits per heavy atom. The smallest absolute Gasteiger partial charge is 0.242 e. The molecule has 10 heteroatoms. The second-order valence-corrected chi connectivity index (χ2v) is 8.49. The van der Waals surface area contributed by atoms with Crippen LogP contribution in [0.25, 0.3) is 0 Å². The third-order valence-electron chi connectivity index (χ3n) is 4.43. The molecule has 2 aromatic rings. The highest BCUT2D eigenvalue weighted by atomic mass is 35.5. The molecular weight excluding hydrogens is 461 g/mol. The average Bonchev–Trinajstić information content (AvgIpc) is 3.04. The van der Waals surface area contributed by atoms with E-state index in [0.717, 1.165) is 0 Å². The van der Waals surface area contributed by atoms with E-state index in [1.807, 2.05) is 0 Å². The second-order valence-electron chi connectivity index (χ2n) is 6.54. The second kappa shape index (κ2) is 10.9. The van der Waals surface area contributed by atoms with E-state index in [9.17, 15) is 9.59 Å². The fraction of sp³-hybridized carbons (Fsp3) is 0.286. The zero-order chi connectivity index (χ0) is 22.4. The molecule has 1 aliphatic heterocycles. The third-order valence-corrected chi connectivity index (χ3v) is 6.43. The van der Waals surface area contributed by atoms with Gasteiger partial charge in [-0.3, -0.25) is 14.5 Å². The summed E-state index contributed by atoms with van der Waals surface area (Å²) in [6, 6.07) is 12.1. The summed E-state index contributed by atoms with van der Waals surface area (Å²) in [5.74, 6) is 0.179. The number of hydrogen-bond donors (Lipinski definition) is 1. The monoisotopic (exact) mass is 481 g/mol. The van der Waals surface area contributed by atoms with Crippen LogP contribution in [0.1, 0.15) is 6.42 Å². The SMILES string of the molecule is COCCN1C(=O)C(CC(=O)Nc2cccc(Cl)c2Cl)SC1=Nc1ccc(OC)cc1. The molecule has 0 bridgehead atoms. The van der Waals surface area contributed by atoms with Crippen molar-refractivity contribution in [1.82, 2.24) is 4.90 Å². The van der Waals surface area contributed by atoms with E-state index in [4.69, 9.17) is 32.7 Å². The molecular formula is C21H21Cl2N3O4S. The minimum absolute atomic E-state index is 0.0303. The van der Waals surface area contributed by atoms with E-state index < -0.39 is 5.25 Å². The van der Waals surface area contributed by atoms with Crippen molar-refractivity contribution in [1.29, 1.82) is 0 Å². The van der Waals surface area contributed by atoms with Crippen LogP contribution in [0.5, 0.6) is 5.75 Å². The molecule has 2 amide bonds. The number of ether oxygens (including phenoxy) is 2. The largest absolute Gasteiger partial charge is 0.497 e. The van der Waals surface area contributed by atoms with E-state index in [-0.39, 0.29) is 23.3 Å². The predicted octanol–water partition coefficient (Wildman–Crippen LogP) is 4.61. The van der Waals surface area contributed by atoms with Crippen molar-refractivity contribution in [2.24, 2.45) is 4.99 Å². The van der Waals surface area contributed by atoms with Crippen LogP contribution in [0, 0.1) is 0 Å². The number of benzene rings is 2. The van der Waals surface area contributed by atoms with Crippen LogP contribution in [0.4, 0.5) is 11.4 Å². The lowest BCUT2D eigenvalue weighted by molar-refractivity contribution is -0.128. The van der Waals surface area contributed by atoms with Crippen molar-refractivity contribution < 1.29 is 19.1 Å². The maximum absolute atomic E-state index is 12.9. The number of amides is 2. The van der Waals surface area contributed by atoms with Crippen LogP contribution < -0.4 is 10.1 Å². The molecule has 1 atom stereocenters. The van der Waals surface area contributed by atoms with E-state index in [1.165, 1.54) is 11.8 Å². The number of halogens is 2. The average molecular weight is 482 g/mol. The molecule has 7 nitrogen and oxygen atoms in total.